The van der Waals surface area contributed by atoms with Crippen LogP contribution in [0.5, 0.6) is 0 Å². The second kappa shape index (κ2) is 10.7. The molecular formula is C28H27N3O3. The van der Waals surface area contributed by atoms with Crippen molar-refractivity contribution in [2.75, 3.05) is 6.61 Å². The van der Waals surface area contributed by atoms with Crippen LogP contribution in [0.3, 0.4) is 0 Å². The molecule has 2 heterocycles. The highest BCUT2D eigenvalue weighted by atomic mass is 16.5. The fourth-order valence-electron chi connectivity index (χ4n) is 3.95. The van der Waals surface area contributed by atoms with Gasteiger partial charge in [0.2, 0.25) is 0 Å². The smallest absolute Gasteiger partial charge is 0.359 e. The van der Waals surface area contributed by atoms with Crippen LogP contribution in [0.15, 0.2) is 79.1 Å². The standard InChI is InChI=1S/C28H27N3O3/c1-3-34-28(33)27-26(23-9-5-4-6-10-23)20(2)31(30-27)24-14-11-21(12-15-24)18-25(32)16-13-22-8-7-17-29-19-22/h4-12,14-15,17,19H,3,13,16,18H2,1-2H3. The second-order valence-electron chi connectivity index (χ2n) is 8.05. The number of benzene rings is 2. The molecule has 0 radical (unpaired) electrons. The summed E-state index contributed by atoms with van der Waals surface area (Å²) in [5, 5.41) is 4.60. The lowest BCUT2D eigenvalue weighted by Crippen LogP contribution is -2.08. The summed E-state index contributed by atoms with van der Waals surface area (Å²) in [6.07, 6.45) is 5.07. The molecule has 2 aromatic carbocycles. The van der Waals surface area contributed by atoms with E-state index in [0.717, 1.165) is 33.6 Å². The summed E-state index contributed by atoms with van der Waals surface area (Å²) in [6, 6.07) is 21.3. The Morgan fingerprint density at radius 1 is 0.941 bits per heavy atom. The van der Waals surface area contributed by atoms with Crippen LogP contribution in [0.2, 0.25) is 0 Å². The number of aromatic nitrogens is 3. The van der Waals surface area contributed by atoms with Gasteiger partial charge in [0.1, 0.15) is 5.78 Å². The van der Waals surface area contributed by atoms with Crippen molar-refractivity contribution in [1.82, 2.24) is 14.8 Å². The van der Waals surface area contributed by atoms with Crippen LogP contribution in [0.1, 0.15) is 40.7 Å². The molecule has 6 nitrogen and oxygen atoms in total. The minimum atomic E-state index is -0.445. The topological polar surface area (TPSA) is 74.1 Å². The molecule has 0 amide bonds. The summed E-state index contributed by atoms with van der Waals surface area (Å²) >= 11 is 0. The fraction of sp³-hybridized carbons (Fsp3) is 0.214. The number of aryl methyl sites for hydroxylation is 1. The maximum Gasteiger partial charge on any atom is 0.359 e. The third-order valence-corrected chi connectivity index (χ3v) is 5.65. The molecule has 2 aromatic heterocycles. The zero-order valence-corrected chi connectivity index (χ0v) is 19.4. The van der Waals surface area contributed by atoms with Gasteiger partial charge in [0, 0.05) is 36.5 Å². The summed E-state index contributed by atoms with van der Waals surface area (Å²) in [5.41, 5.74) is 5.62. The minimum absolute atomic E-state index is 0.183. The maximum absolute atomic E-state index is 12.6. The van der Waals surface area contributed by atoms with Gasteiger partial charge in [-0.2, -0.15) is 5.10 Å². The van der Waals surface area contributed by atoms with Crippen LogP contribution >= 0.6 is 0 Å². The number of carbonyl (C=O) groups is 2. The van der Waals surface area contributed by atoms with Gasteiger partial charge in [0.25, 0.3) is 0 Å². The van der Waals surface area contributed by atoms with Crippen molar-refractivity contribution in [2.45, 2.75) is 33.1 Å². The number of ketones is 1. The van der Waals surface area contributed by atoms with Gasteiger partial charge in [0.05, 0.1) is 12.3 Å². The first-order chi connectivity index (χ1) is 16.6. The Hall–Kier alpha value is -4.06. The van der Waals surface area contributed by atoms with E-state index in [1.54, 1.807) is 24.0 Å². The molecule has 4 aromatic rings. The van der Waals surface area contributed by atoms with Crippen molar-refractivity contribution < 1.29 is 14.3 Å². The molecule has 0 saturated carbocycles. The van der Waals surface area contributed by atoms with Gasteiger partial charge >= 0.3 is 5.97 Å². The number of Topliss-reactive ketones (excluding diaryl/α,β-unsaturated/α-hetero) is 1. The minimum Gasteiger partial charge on any atom is -0.461 e. The molecule has 0 aliphatic rings. The Balaban J connectivity index is 1.54. The third kappa shape index (κ3) is 5.29. The van der Waals surface area contributed by atoms with E-state index in [0.29, 0.717) is 25.0 Å². The van der Waals surface area contributed by atoms with E-state index in [-0.39, 0.29) is 12.4 Å². The van der Waals surface area contributed by atoms with E-state index < -0.39 is 5.97 Å². The third-order valence-electron chi connectivity index (χ3n) is 5.65. The number of ether oxygens (including phenoxy) is 1. The summed E-state index contributed by atoms with van der Waals surface area (Å²) in [6.45, 7) is 4.00. The summed E-state index contributed by atoms with van der Waals surface area (Å²) in [4.78, 5) is 29.2. The van der Waals surface area contributed by atoms with Crippen molar-refractivity contribution in [1.29, 1.82) is 0 Å². The van der Waals surface area contributed by atoms with Crippen molar-refractivity contribution in [3.05, 3.63) is 102 Å². The molecule has 0 atom stereocenters. The molecule has 0 N–H and O–H groups in total. The molecular weight excluding hydrogens is 426 g/mol. The Labute approximate surface area is 199 Å². The van der Waals surface area contributed by atoms with Crippen LogP contribution in [0.25, 0.3) is 16.8 Å². The molecule has 0 spiro atoms. The van der Waals surface area contributed by atoms with Crippen LogP contribution in [0.4, 0.5) is 0 Å². The van der Waals surface area contributed by atoms with Crippen LogP contribution in [-0.2, 0) is 22.4 Å². The van der Waals surface area contributed by atoms with Gasteiger partial charge in [0.15, 0.2) is 5.69 Å². The molecule has 4 rings (SSSR count). The Morgan fingerprint density at radius 3 is 2.38 bits per heavy atom. The molecule has 6 heteroatoms. The normalized spacial score (nSPS) is 10.8. The molecule has 0 aliphatic heterocycles. The number of carbonyl (C=O) groups excluding carboxylic acids is 2. The molecule has 172 valence electrons. The second-order valence-corrected chi connectivity index (χ2v) is 8.05. The van der Waals surface area contributed by atoms with Gasteiger partial charge in [-0.05, 0) is 55.2 Å². The molecule has 0 unspecified atom stereocenters. The lowest BCUT2D eigenvalue weighted by molar-refractivity contribution is -0.118. The van der Waals surface area contributed by atoms with Crippen LogP contribution in [-0.4, -0.2) is 33.1 Å². The van der Waals surface area contributed by atoms with Gasteiger partial charge in [-0.25, -0.2) is 9.48 Å². The van der Waals surface area contributed by atoms with Crippen LogP contribution < -0.4 is 0 Å². The lowest BCUT2D eigenvalue weighted by Gasteiger charge is -2.07. The molecule has 0 aliphatic carbocycles. The predicted octanol–water partition coefficient (Wildman–Crippen LogP) is 5.16. The van der Waals surface area contributed by atoms with E-state index in [9.17, 15) is 9.59 Å². The molecule has 0 fully saturated rings. The molecule has 0 bridgehead atoms. The van der Waals surface area contributed by atoms with Gasteiger partial charge in [-0.1, -0.05) is 48.5 Å². The van der Waals surface area contributed by atoms with Crippen molar-refractivity contribution in [3.8, 4) is 16.8 Å². The summed E-state index contributed by atoms with van der Waals surface area (Å²) in [5.74, 6) is -0.262. The zero-order valence-electron chi connectivity index (χ0n) is 19.4. The first-order valence-electron chi connectivity index (χ1n) is 11.4. The van der Waals surface area contributed by atoms with E-state index >= 15 is 0 Å². The lowest BCUT2D eigenvalue weighted by atomic mass is 10.0. The highest BCUT2D eigenvalue weighted by Crippen LogP contribution is 2.29. The maximum atomic E-state index is 12.6. The first-order valence-corrected chi connectivity index (χ1v) is 11.4. The Morgan fingerprint density at radius 2 is 1.71 bits per heavy atom. The van der Waals surface area contributed by atoms with E-state index in [4.69, 9.17) is 4.74 Å². The zero-order chi connectivity index (χ0) is 23.9. The number of nitrogens with zero attached hydrogens (tertiary/aromatic N) is 3. The monoisotopic (exact) mass is 453 g/mol. The fourth-order valence-corrected chi connectivity index (χ4v) is 3.95. The quantitative estimate of drug-likeness (QED) is 0.327. The number of rotatable bonds is 9. The number of pyridine rings is 1. The number of hydrogen-bond donors (Lipinski definition) is 0. The van der Waals surface area contributed by atoms with Crippen molar-refractivity contribution in [3.63, 3.8) is 0 Å². The largest absolute Gasteiger partial charge is 0.461 e. The van der Waals surface area contributed by atoms with Gasteiger partial charge in [-0.15, -0.1) is 0 Å². The van der Waals surface area contributed by atoms with E-state index in [2.05, 4.69) is 10.1 Å². The SMILES string of the molecule is CCOC(=O)c1nn(-c2ccc(CC(=O)CCc3cccnc3)cc2)c(C)c1-c1ccccc1. The molecule has 34 heavy (non-hydrogen) atoms. The Bertz CT molecular complexity index is 1260. The summed E-state index contributed by atoms with van der Waals surface area (Å²) < 4.78 is 7.01. The van der Waals surface area contributed by atoms with E-state index in [1.807, 2.05) is 73.7 Å². The highest BCUT2D eigenvalue weighted by Gasteiger charge is 2.23. The number of esters is 1. The van der Waals surface area contributed by atoms with Crippen molar-refractivity contribution in [2.24, 2.45) is 0 Å². The van der Waals surface area contributed by atoms with Gasteiger partial charge < -0.3 is 4.74 Å². The first kappa shape index (κ1) is 23.1. The van der Waals surface area contributed by atoms with Crippen LogP contribution in [0, 0.1) is 6.92 Å². The Kier molecular flexibility index (Phi) is 7.28. The van der Waals surface area contributed by atoms with Gasteiger partial charge in [-0.3, -0.25) is 9.78 Å². The average Bonchev–Trinajstić information content (AvgIpc) is 3.22. The average molecular weight is 454 g/mol. The highest BCUT2D eigenvalue weighted by molar-refractivity contribution is 5.96. The number of hydrogen-bond acceptors (Lipinski definition) is 5. The van der Waals surface area contributed by atoms with E-state index in [1.165, 1.54) is 0 Å². The summed E-state index contributed by atoms with van der Waals surface area (Å²) in [7, 11) is 0. The van der Waals surface area contributed by atoms with Crippen molar-refractivity contribution >= 4 is 11.8 Å². The predicted molar refractivity (Wildman–Crippen MR) is 131 cm³/mol. The molecule has 0 saturated heterocycles.